The molecule has 1 aromatic heterocycles. The van der Waals surface area contributed by atoms with Gasteiger partial charge in [-0.1, -0.05) is 30.3 Å². The Balaban J connectivity index is 1.18. The fourth-order valence-corrected chi connectivity index (χ4v) is 5.53. The number of aromatic nitrogens is 2. The molecule has 0 amide bonds. The summed E-state index contributed by atoms with van der Waals surface area (Å²) >= 11 is 5.39. The minimum atomic E-state index is -0.781. The summed E-state index contributed by atoms with van der Waals surface area (Å²) in [6.45, 7) is 4.89. The van der Waals surface area contributed by atoms with Crippen LogP contribution in [0.4, 0.5) is 27.4 Å². The Morgan fingerprint density at radius 1 is 1.18 bits per heavy atom. The van der Waals surface area contributed by atoms with Crippen molar-refractivity contribution in [3.63, 3.8) is 0 Å². The van der Waals surface area contributed by atoms with E-state index in [2.05, 4.69) is 20.6 Å². The predicted octanol–water partition coefficient (Wildman–Crippen LogP) is 4.10. The number of hydrogen-bond donors (Lipinski definition) is 2. The Hall–Kier alpha value is -3.58. The van der Waals surface area contributed by atoms with Crippen molar-refractivity contribution in [3.05, 3.63) is 72.3 Å². The highest BCUT2D eigenvalue weighted by Gasteiger charge is 2.58. The van der Waals surface area contributed by atoms with Crippen molar-refractivity contribution < 1.29 is 23.3 Å². The summed E-state index contributed by atoms with van der Waals surface area (Å²) in [5.41, 5.74) is 2.45. The lowest BCUT2D eigenvalue weighted by molar-refractivity contribution is -0.189. The number of thiocarbonyl (C=S) groups is 1. The van der Waals surface area contributed by atoms with E-state index in [4.69, 9.17) is 31.2 Å². The van der Waals surface area contributed by atoms with Crippen LogP contribution in [0, 0.1) is 5.82 Å². The molecule has 0 aliphatic carbocycles. The number of nitrogens with one attached hydrogen (secondary N) is 2. The number of halogens is 1. The van der Waals surface area contributed by atoms with Gasteiger partial charge >= 0.3 is 0 Å². The maximum absolute atomic E-state index is 13.7. The first kappa shape index (κ1) is 26.6. The number of fused-ring (bicyclic) bond motifs is 2. The Kier molecular flexibility index (Phi) is 7.17. The van der Waals surface area contributed by atoms with Gasteiger partial charge in [0.05, 0.1) is 6.67 Å². The van der Waals surface area contributed by atoms with Gasteiger partial charge in [0.2, 0.25) is 0 Å². The summed E-state index contributed by atoms with van der Waals surface area (Å²) in [6.07, 6.45) is -0.127. The first-order valence-corrected chi connectivity index (χ1v) is 13.5. The summed E-state index contributed by atoms with van der Waals surface area (Å²) in [4.78, 5) is 13.1. The highest BCUT2D eigenvalue weighted by molar-refractivity contribution is 7.80. The van der Waals surface area contributed by atoms with Crippen LogP contribution in [0.25, 0.3) is 0 Å². The van der Waals surface area contributed by atoms with Crippen LogP contribution in [0.2, 0.25) is 0 Å². The van der Waals surface area contributed by atoms with Crippen LogP contribution in [0.5, 0.6) is 0 Å². The number of hydrogen-bond acceptors (Lipinski definition) is 10. The molecule has 12 heteroatoms. The molecule has 6 rings (SSSR count). The van der Waals surface area contributed by atoms with Gasteiger partial charge in [0.1, 0.15) is 42.8 Å². The zero-order valence-electron chi connectivity index (χ0n) is 22.4. The highest BCUT2D eigenvalue weighted by atomic mass is 32.1. The molecular formula is C28H31FN6O4S. The molecule has 2 fully saturated rings. The van der Waals surface area contributed by atoms with Crippen LogP contribution < -0.4 is 20.4 Å². The van der Waals surface area contributed by atoms with E-state index in [9.17, 15) is 4.39 Å². The second-order valence-corrected chi connectivity index (χ2v) is 10.8. The van der Waals surface area contributed by atoms with Crippen LogP contribution in [-0.4, -0.2) is 65.8 Å². The van der Waals surface area contributed by atoms with E-state index in [1.165, 1.54) is 18.5 Å². The van der Waals surface area contributed by atoms with Crippen molar-refractivity contribution in [2.45, 2.75) is 50.7 Å². The molecule has 210 valence electrons. The molecule has 4 heterocycles. The van der Waals surface area contributed by atoms with E-state index in [1.54, 1.807) is 6.07 Å². The van der Waals surface area contributed by atoms with Gasteiger partial charge in [-0.25, -0.2) is 14.4 Å². The topological polar surface area (TPSA) is 93.2 Å². The summed E-state index contributed by atoms with van der Waals surface area (Å²) in [6, 6.07) is 16.1. The smallest absolute Gasteiger partial charge is 0.261 e. The lowest BCUT2D eigenvalue weighted by Gasteiger charge is -2.30. The molecule has 4 atom stereocenters. The van der Waals surface area contributed by atoms with Gasteiger partial charge in [0.25, 0.3) is 5.17 Å². The molecule has 0 saturated carbocycles. The molecule has 40 heavy (non-hydrogen) atoms. The van der Waals surface area contributed by atoms with Crippen molar-refractivity contribution in [2.24, 2.45) is 0 Å². The molecule has 2 N–H and O–H groups in total. The van der Waals surface area contributed by atoms with Crippen molar-refractivity contribution in [2.75, 3.05) is 40.8 Å². The number of ether oxygens (including phenoxy) is 4. The van der Waals surface area contributed by atoms with E-state index in [1.807, 2.05) is 67.1 Å². The average Bonchev–Trinajstić information content (AvgIpc) is 3.58. The third-order valence-electron chi connectivity index (χ3n) is 7.01. The van der Waals surface area contributed by atoms with Gasteiger partial charge in [-0.3, -0.25) is 0 Å². The van der Waals surface area contributed by atoms with E-state index in [0.717, 1.165) is 16.9 Å². The van der Waals surface area contributed by atoms with E-state index < -0.39 is 18.1 Å². The molecule has 3 aliphatic heterocycles. The number of nitrogens with zero attached hydrogens (tertiary/aromatic N) is 4. The van der Waals surface area contributed by atoms with E-state index in [-0.39, 0.29) is 29.8 Å². The highest BCUT2D eigenvalue weighted by Crippen LogP contribution is 2.44. The fraction of sp³-hybridized carbons (Fsp3) is 0.393. The lowest BCUT2D eigenvalue weighted by atomic mass is 10.1. The molecule has 0 radical (unpaired) electrons. The van der Waals surface area contributed by atoms with Crippen LogP contribution >= 0.6 is 12.2 Å². The molecule has 0 spiro atoms. The third kappa shape index (κ3) is 5.39. The molecule has 0 unspecified atom stereocenters. The first-order valence-electron chi connectivity index (χ1n) is 13.1. The quantitative estimate of drug-likeness (QED) is 0.405. The summed E-state index contributed by atoms with van der Waals surface area (Å²) in [5.74, 6) is 0.340. The zero-order chi connectivity index (χ0) is 27.9. The van der Waals surface area contributed by atoms with Gasteiger partial charge < -0.3 is 39.4 Å². The monoisotopic (exact) mass is 566 g/mol. The summed E-state index contributed by atoms with van der Waals surface area (Å²) in [7, 11) is 1.91. The van der Waals surface area contributed by atoms with Crippen LogP contribution in [0.1, 0.15) is 19.4 Å². The lowest BCUT2D eigenvalue weighted by Crippen LogP contribution is -2.44. The second kappa shape index (κ2) is 10.8. The Bertz CT molecular complexity index is 1380. The maximum atomic E-state index is 13.7. The number of benzene rings is 2. The molecule has 2 saturated heterocycles. The summed E-state index contributed by atoms with van der Waals surface area (Å²) in [5, 5.41) is 6.74. The Labute approximate surface area is 237 Å². The van der Waals surface area contributed by atoms with Crippen LogP contribution in [0.3, 0.4) is 0 Å². The maximum Gasteiger partial charge on any atom is 0.261 e. The number of rotatable bonds is 7. The standard InChI is InChI=1S/C28H31FN6O4S/c1-28(2)38-22-20(14-36-27(40)33-19-10-5-4-6-11-19)37-26(23(22)39-28)35-16-32-21-24(30-15-31-25(21)35)34(3)13-17-8-7-9-18(29)12-17/h4-12,15,20,22-23,26,32H,13-14,16H2,1-3H3,(H,33,40)/t20-,22-,23-,26-/m1/s1. The van der Waals surface area contributed by atoms with Crippen molar-refractivity contribution in [3.8, 4) is 0 Å². The second-order valence-electron chi connectivity index (χ2n) is 10.4. The van der Waals surface area contributed by atoms with Gasteiger partial charge in [-0.2, -0.15) is 0 Å². The molecule has 3 aliphatic rings. The van der Waals surface area contributed by atoms with Crippen molar-refractivity contribution in [1.82, 2.24) is 9.97 Å². The fourth-order valence-electron chi connectivity index (χ4n) is 5.34. The number of para-hydroxylation sites is 1. The number of anilines is 4. The minimum Gasteiger partial charge on any atom is -0.468 e. The van der Waals surface area contributed by atoms with Gasteiger partial charge in [-0.15, -0.1) is 0 Å². The van der Waals surface area contributed by atoms with E-state index >= 15 is 0 Å². The average molecular weight is 567 g/mol. The Morgan fingerprint density at radius 3 is 2.77 bits per heavy atom. The molecule has 2 aromatic carbocycles. The van der Waals surface area contributed by atoms with E-state index in [0.29, 0.717) is 24.8 Å². The normalized spacial score (nSPS) is 24.2. The zero-order valence-corrected chi connectivity index (χ0v) is 23.2. The van der Waals surface area contributed by atoms with Gasteiger partial charge in [0, 0.05) is 19.3 Å². The SMILES string of the molecule is CN(Cc1cccc(F)c1)c1ncnc2c1NCN2[C@@H]1O[C@H](COC(=S)Nc2ccccc2)[C@H]2OC(C)(C)O[C@H]21. The van der Waals surface area contributed by atoms with Gasteiger partial charge in [-0.05, 0) is 55.9 Å². The van der Waals surface area contributed by atoms with Crippen molar-refractivity contribution in [1.29, 1.82) is 0 Å². The third-order valence-corrected chi connectivity index (χ3v) is 7.23. The molecular weight excluding hydrogens is 535 g/mol. The summed E-state index contributed by atoms with van der Waals surface area (Å²) < 4.78 is 38.6. The van der Waals surface area contributed by atoms with Crippen LogP contribution in [-0.2, 0) is 25.5 Å². The van der Waals surface area contributed by atoms with Crippen molar-refractivity contribution >= 4 is 40.4 Å². The molecule has 0 bridgehead atoms. The first-order chi connectivity index (χ1) is 19.3. The molecule has 3 aromatic rings. The van der Waals surface area contributed by atoms with Gasteiger partial charge in [0.15, 0.2) is 23.7 Å². The Morgan fingerprint density at radius 2 is 1.98 bits per heavy atom. The van der Waals surface area contributed by atoms with Crippen LogP contribution in [0.15, 0.2) is 60.9 Å². The molecule has 10 nitrogen and oxygen atoms in total. The minimum absolute atomic E-state index is 0.190. The predicted molar refractivity (Wildman–Crippen MR) is 153 cm³/mol. The largest absolute Gasteiger partial charge is 0.468 e.